The minimum atomic E-state index is -0.444. The lowest BCUT2D eigenvalue weighted by atomic mass is 10.2. The van der Waals surface area contributed by atoms with Crippen molar-refractivity contribution in [3.8, 4) is 0 Å². The predicted molar refractivity (Wildman–Crippen MR) is 78.7 cm³/mol. The number of aromatic nitrogens is 2. The van der Waals surface area contributed by atoms with E-state index in [0.717, 1.165) is 0 Å². The highest BCUT2D eigenvalue weighted by Crippen LogP contribution is 2.08. The Labute approximate surface area is 122 Å². The molecule has 1 aromatic rings. The van der Waals surface area contributed by atoms with E-state index in [1.54, 1.807) is 13.8 Å². The monoisotopic (exact) mass is 298 g/mol. The second kappa shape index (κ2) is 8.39. The molecule has 110 valence electrons. The summed E-state index contributed by atoms with van der Waals surface area (Å²) in [4.78, 5) is 19.7. The first-order valence-electron chi connectivity index (χ1n) is 6.25. The number of aryl methyl sites for hydroxylation is 1. The summed E-state index contributed by atoms with van der Waals surface area (Å²) in [6, 6.07) is 0. The lowest BCUT2D eigenvalue weighted by molar-refractivity contribution is 0.0524. The Morgan fingerprint density at radius 1 is 1.55 bits per heavy atom. The fourth-order valence-electron chi connectivity index (χ4n) is 1.36. The molecule has 0 saturated heterocycles. The molecule has 0 radical (unpaired) electrons. The van der Waals surface area contributed by atoms with Gasteiger partial charge < -0.3 is 20.5 Å². The Hall–Kier alpha value is -1.80. The summed E-state index contributed by atoms with van der Waals surface area (Å²) < 4.78 is 4.89. The molecule has 0 atom stereocenters. The number of hydrogen-bond acceptors (Lipinski definition) is 6. The molecule has 0 aliphatic carbocycles. The first-order chi connectivity index (χ1) is 9.58. The van der Waals surface area contributed by atoms with Gasteiger partial charge in [0.05, 0.1) is 17.9 Å². The van der Waals surface area contributed by atoms with E-state index in [1.807, 2.05) is 0 Å². The molecule has 0 aliphatic heterocycles. The van der Waals surface area contributed by atoms with Crippen LogP contribution >= 0.6 is 12.2 Å². The van der Waals surface area contributed by atoms with Crippen molar-refractivity contribution in [3.63, 3.8) is 0 Å². The summed E-state index contributed by atoms with van der Waals surface area (Å²) in [5, 5.41) is 14.7. The maximum atomic E-state index is 11.6. The molecule has 7 nitrogen and oxygen atoms in total. The molecule has 0 saturated carbocycles. The van der Waals surface area contributed by atoms with Crippen LogP contribution < -0.4 is 10.6 Å². The molecule has 0 unspecified atom stereocenters. The van der Waals surface area contributed by atoms with Crippen LogP contribution in [0.1, 0.15) is 29.4 Å². The number of esters is 1. The topological polar surface area (TPSA) is 96.4 Å². The lowest BCUT2D eigenvalue weighted by Gasteiger charge is -2.10. The van der Waals surface area contributed by atoms with Gasteiger partial charge >= 0.3 is 5.97 Å². The molecule has 0 fully saturated rings. The van der Waals surface area contributed by atoms with Gasteiger partial charge in [-0.05, 0) is 32.5 Å². The number of hydrogen-bond donors (Lipinski definition) is 3. The van der Waals surface area contributed by atoms with Crippen LogP contribution in [0.4, 0.5) is 5.95 Å². The Morgan fingerprint density at radius 2 is 2.30 bits per heavy atom. The van der Waals surface area contributed by atoms with Crippen LogP contribution in [-0.4, -0.2) is 45.9 Å². The van der Waals surface area contributed by atoms with Gasteiger partial charge in [0.25, 0.3) is 0 Å². The number of anilines is 1. The summed E-state index contributed by atoms with van der Waals surface area (Å²) in [6.45, 7) is 4.39. The Morgan fingerprint density at radius 3 is 2.90 bits per heavy atom. The van der Waals surface area contributed by atoms with Crippen LogP contribution in [0.15, 0.2) is 6.20 Å². The number of aliphatic hydroxyl groups is 1. The maximum absolute atomic E-state index is 11.6. The lowest BCUT2D eigenvalue weighted by Crippen LogP contribution is -2.30. The summed E-state index contributed by atoms with van der Waals surface area (Å²) in [6.07, 6.45) is 2.00. The normalized spacial score (nSPS) is 9.95. The van der Waals surface area contributed by atoms with E-state index in [2.05, 4.69) is 20.6 Å². The highest BCUT2D eigenvalue weighted by molar-refractivity contribution is 7.80. The zero-order valence-corrected chi connectivity index (χ0v) is 12.3. The van der Waals surface area contributed by atoms with E-state index < -0.39 is 5.97 Å². The Bertz CT molecular complexity index is 482. The predicted octanol–water partition coefficient (Wildman–Crippen LogP) is 0.631. The largest absolute Gasteiger partial charge is 0.462 e. The molecular weight excluding hydrogens is 280 g/mol. The van der Waals surface area contributed by atoms with Crippen molar-refractivity contribution in [2.75, 3.05) is 25.1 Å². The van der Waals surface area contributed by atoms with Crippen molar-refractivity contribution in [2.24, 2.45) is 0 Å². The van der Waals surface area contributed by atoms with E-state index in [9.17, 15) is 4.79 Å². The number of carbonyl (C=O) groups excluding carboxylic acids is 1. The Kier molecular flexibility index (Phi) is 6.82. The molecule has 8 heteroatoms. The van der Waals surface area contributed by atoms with Crippen molar-refractivity contribution in [1.82, 2.24) is 15.3 Å². The fraction of sp³-hybridized carbons (Fsp3) is 0.500. The van der Waals surface area contributed by atoms with Crippen LogP contribution in [0, 0.1) is 6.92 Å². The second-order valence-electron chi connectivity index (χ2n) is 3.87. The van der Waals surface area contributed by atoms with Gasteiger partial charge in [0, 0.05) is 19.3 Å². The van der Waals surface area contributed by atoms with Crippen LogP contribution in [0.3, 0.4) is 0 Å². The van der Waals surface area contributed by atoms with Crippen LogP contribution in [0.2, 0.25) is 0 Å². The smallest absolute Gasteiger partial charge is 0.341 e. The first-order valence-corrected chi connectivity index (χ1v) is 6.65. The highest BCUT2D eigenvalue weighted by Gasteiger charge is 2.12. The van der Waals surface area contributed by atoms with Crippen LogP contribution in [0.5, 0.6) is 0 Å². The molecule has 3 N–H and O–H groups in total. The van der Waals surface area contributed by atoms with Gasteiger partial charge in [-0.25, -0.2) is 14.8 Å². The number of aliphatic hydroxyl groups excluding tert-OH is 1. The summed E-state index contributed by atoms with van der Waals surface area (Å²) in [5.41, 5.74) is 0.843. The zero-order chi connectivity index (χ0) is 15.0. The number of ether oxygens (including phenoxy) is 1. The van der Waals surface area contributed by atoms with Gasteiger partial charge in [0.2, 0.25) is 5.95 Å². The van der Waals surface area contributed by atoms with Crippen molar-refractivity contribution < 1.29 is 14.6 Å². The molecule has 0 aliphatic rings. The first kappa shape index (κ1) is 16.3. The zero-order valence-electron chi connectivity index (χ0n) is 11.5. The van der Waals surface area contributed by atoms with Crippen LogP contribution in [0.25, 0.3) is 0 Å². The third kappa shape index (κ3) is 5.06. The summed E-state index contributed by atoms with van der Waals surface area (Å²) >= 11 is 5.04. The quantitative estimate of drug-likeness (QED) is 0.400. The highest BCUT2D eigenvalue weighted by atomic mass is 32.1. The standard InChI is InChI=1S/C12H18N4O3S/c1-3-19-10(18)9-7-14-11(15-8(9)2)16-12(20)13-5-4-6-17/h7,17H,3-6H2,1-2H3,(H2,13,14,15,16,20). The van der Waals surface area contributed by atoms with Gasteiger partial charge in [-0.1, -0.05) is 0 Å². The number of nitrogens with zero attached hydrogens (tertiary/aromatic N) is 2. The molecule has 1 aromatic heterocycles. The molecule has 1 heterocycles. The number of thiocarbonyl (C=S) groups is 1. The van der Waals surface area contributed by atoms with Gasteiger partial charge in [-0.2, -0.15) is 0 Å². The third-order valence-corrected chi connectivity index (χ3v) is 2.57. The summed E-state index contributed by atoms with van der Waals surface area (Å²) in [7, 11) is 0. The van der Waals surface area contributed by atoms with E-state index in [4.69, 9.17) is 22.1 Å². The van der Waals surface area contributed by atoms with Gasteiger partial charge in [0.1, 0.15) is 0 Å². The fourth-order valence-corrected chi connectivity index (χ4v) is 1.56. The van der Waals surface area contributed by atoms with Gasteiger partial charge in [0.15, 0.2) is 5.11 Å². The second-order valence-corrected chi connectivity index (χ2v) is 4.28. The minimum Gasteiger partial charge on any atom is -0.462 e. The van der Waals surface area contributed by atoms with E-state index in [1.165, 1.54) is 6.20 Å². The number of rotatable bonds is 6. The molecule has 0 aromatic carbocycles. The van der Waals surface area contributed by atoms with Gasteiger partial charge in [-0.3, -0.25) is 0 Å². The van der Waals surface area contributed by atoms with Crippen molar-refractivity contribution in [2.45, 2.75) is 20.3 Å². The SMILES string of the molecule is CCOC(=O)c1cnc(NC(=S)NCCCO)nc1C. The van der Waals surface area contributed by atoms with Crippen molar-refractivity contribution >= 4 is 29.2 Å². The molecule has 20 heavy (non-hydrogen) atoms. The van der Waals surface area contributed by atoms with E-state index >= 15 is 0 Å². The van der Waals surface area contributed by atoms with Gasteiger partial charge in [-0.15, -0.1) is 0 Å². The number of nitrogens with one attached hydrogen (secondary N) is 2. The average Bonchev–Trinajstić information content (AvgIpc) is 2.39. The molecule has 0 bridgehead atoms. The number of carbonyl (C=O) groups is 1. The van der Waals surface area contributed by atoms with Crippen LogP contribution in [-0.2, 0) is 4.74 Å². The molecule has 0 spiro atoms. The van der Waals surface area contributed by atoms with Crippen molar-refractivity contribution in [3.05, 3.63) is 17.5 Å². The average molecular weight is 298 g/mol. The van der Waals surface area contributed by atoms with E-state index in [0.29, 0.717) is 41.9 Å². The molecular formula is C12H18N4O3S. The van der Waals surface area contributed by atoms with Crippen molar-refractivity contribution in [1.29, 1.82) is 0 Å². The third-order valence-electron chi connectivity index (χ3n) is 2.32. The maximum Gasteiger partial charge on any atom is 0.341 e. The molecule has 0 amide bonds. The molecule has 1 rings (SSSR count). The Balaban J connectivity index is 2.63. The van der Waals surface area contributed by atoms with E-state index in [-0.39, 0.29) is 6.61 Å². The summed E-state index contributed by atoms with van der Waals surface area (Å²) in [5.74, 6) is -0.141. The minimum absolute atomic E-state index is 0.0967.